The normalized spacial score (nSPS) is 14.0. The van der Waals surface area contributed by atoms with Gasteiger partial charge in [0.1, 0.15) is 5.76 Å². The van der Waals surface area contributed by atoms with Crippen LogP contribution in [-0.4, -0.2) is 20.4 Å². The topological polar surface area (TPSA) is 88.4 Å². The van der Waals surface area contributed by atoms with Gasteiger partial charge in [-0.25, -0.2) is 8.42 Å². The number of halogens is 1. The van der Waals surface area contributed by atoms with Crippen LogP contribution in [0.4, 0.5) is 0 Å². The maximum Gasteiger partial charge on any atom is 0.241 e. The van der Waals surface area contributed by atoms with Gasteiger partial charge in [0.05, 0.1) is 23.6 Å². The van der Waals surface area contributed by atoms with Crippen molar-refractivity contribution in [3.05, 3.63) is 53.4 Å². The van der Waals surface area contributed by atoms with E-state index in [0.29, 0.717) is 10.8 Å². The Morgan fingerprint density at radius 3 is 2.48 bits per heavy atom. The number of benzene rings is 1. The molecule has 1 amide bonds. The van der Waals surface area contributed by atoms with Gasteiger partial charge in [-0.05, 0) is 49.7 Å². The van der Waals surface area contributed by atoms with Crippen LogP contribution in [-0.2, 0) is 14.8 Å². The molecule has 25 heavy (non-hydrogen) atoms. The molecule has 2 rings (SSSR count). The molecule has 2 atom stereocenters. The van der Waals surface area contributed by atoms with Crippen molar-refractivity contribution in [1.29, 1.82) is 0 Å². The third-order valence-electron chi connectivity index (χ3n) is 3.72. The number of hydrogen-bond acceptors (Lipinski definition) is 4. The Hall–Kier alpha value is -1.83. The van der Waals surface area contributed by atoms with Crippen LogP contribution in [0.25, 0.3) is 0 Å². The van der Waals surface area contributed by atoms with Gasteiger partial charge in [-0.2, -0.15) is 4.72 Å². The first kappa shape index (κ1) is 19.5. The van der Waals surface area contributed by atoms with Gasteiger partial charge in [-0.15, -0.1) is 0 Å². The van der Waals surface area contributed by atoms with Crippen LogP contribution in [0, 0.1) is 0 Å². The molecule has 0 spiro atoms. The number of furan rings is 1. The van der Waals surface area contributed by atoms with E-state index in [1.807, 2.05) is 13.8 Å². The maximum atomic E-state index is 12.6. The molecule has 1 heterocycles. The van der Waals surface area contributed by atoms with Crippen molar-refractivity contribution in [3.8, 4) is 0 Å². The molecule has 0 aliphatic rings. The molecule has 1 aromatic carbocycles. The second kappa shape index (κ2) is 8.51. The van der Waals surface area contributed by atoms with Crippen molar-refractivity contribution < 1.29 is 17.6 Å². The third kappa shape index (κ3) is 5.59. The Morgan fingerprint density at radius 2 is 1.92 bits per heavy atom. The molecule has 2 aromatic rings. The minimum atomic E-state index is -3.83. The second-order valence-electron chi connectivity index (χ2n) is 5.72. The summed E-state index contributed by atoms with van der Waals surface area (Å²) in [7, 11) is -3.83. The molecule has 0 unspecified atom stereocenters. The zero-order valence-corrected chi connectivity index (χ0v) is 15.6. The zero-order chi connectivity index (χ0) is 18.4. The van der Waals surface area contributed by atoms with Gasteiger partial charge >= 0.3 is 0 Å². The van der Waals surface area contributed by atoms with Crippen LogP contribution in [0.2, 0.25) is 5.02 Å². The number of hydrogen-bond donors (Lipinski definition) is 2. The van der Waals surface area contributed by atoms with Crippen LogP contribution in [0.1, 0.15) is 38.5 Å². The molecule has 8 heteroatoms. The summed E-state index contributed by atoms with van der Waals surface area (Å²) in [4.78, 5) is 12.2. The third-order valence-corrected chi connectivity index (χ3v) is 5.46. The molecule has 0 fully saturated rings. The summed E-state index contributed by atoms with van der Waals surface area (Å²) < 4.78 is 33.0. The molecule has 136 valence electrons. The molecular formula is C17H21ClN2O4S. The standard InChI is InChI=1S/C17H21ClN2O4S/c1-3-12(2)19-17(21)11-15(16-5-4-10-24-16)20-25(22,23)14-8-6-13(18)7-9-14/h4-10,12,15,20H,3,11H2,1-2H3,(H,19,21)/t12-,15+/m1/s1. The molecule has 0 aliphatic heterocycles. The Labute approximate surface area is 152 Å². The van der Waals surface area contributed by atoms with Gasteiger partial charge in [-0.3, -0.25) is 4.79 Å². The monoisotopic (exact) mass is 384 g/mol. The maximum absolute atomic E-state index is 12.6. The highest BCUT2D eigenvalue weighted by atomic mass is 35.5. The van der Waals surface area contributed by atoms with Crippen molar-refractivity contribution in [2.75, 3.05) is 0 Å². The van der Waals surface area contributed by atoms with Crippen LogP contribution < -0.4 is 10.0 Å². The van der Waals surface area contributed by atoms with Gasteiger partial charge in [0.2, 0.25) is 15.9 Å². The van der Waals surface area contributed by atoms with E-state index >= 15 is 0 Å². The number of rotatable bonds is 8. The lowest BCUT2D eigenvalue weighted by Crippen LogP contribution is -2.36. The van der Waals surface area contributed by atoms with Crippen molar-refractivity contribution in [2.45, 2.75) is 43.7 Å². The van der Waals surface area contributed by atoms with E-state index in [2.05, 4.69) is 10.0 Å². The SMILES string of the molecule is CC[C@@H](C)NC(=O)C[C@H](NS(=O)(=O)c1ccc(Cl)cc1)c1ccco1. The Kier molecular flexibility index (Phi) is 6.64. The number of nitrogens with one attached hydrogen (secondary N) is 2. The lowest BCUT2D eigenvalue weighted by molar-refractivity contribution is -0.122. The molecule has 0 saturated carbocycles. The van der Waals surface area contributed by atoms with Crippen LogP contribution in [0.5, 0.6) is 0 Å². The summed E-state index contributed by atoms with van der Waals surface area (Å²) in [6, 6.07) is 8.28. The summed E-state index contributed by atoms with van der Waals surface area (Å²) in [5, 5.41) is 3.26. The molecule has 0 bridgehead atoms. The first-order valence-corrected chi connectivity index (χ1v) is 9.78. The fourth-order valence-corrected chi connectivity index (χ4v) is 3.51. The van der Waals surface area contributed by atoms with E-state index in [4.69, 9.17) is 16.0 Å². The highest BCUT2D eigenvalue weighted by molar-refractivity contribution is 7.89. The van der Waals surface area contributed by atoms with Crippen LogP contribution in [0.15, 0.2) is 52.0 Å². The fourth-order valence-electron chi connectivity index (χ4n) is 2.18. The molecule has 6 nitrogen and oxygen atoms in total. The number of carbonyl (C=O) groups is 1. The van der Waals surface area contributed by atoms with Crippen molar-refractivity contribution >= 4 is 27.5 Å². The van der Waals surface area contributed by atoms with Gasteiger partial charge < -0.3 is 9.73 Å². The summed E-state index contributed by atoms with van der Waals surface area (Å²) in [5.41, 5.74) is 0. The van der Waals surface area contributed by atoms with Crippen LogP contribution in [0.3, 0.4) is 0 Å². The fraction of sp³-hybridized carbons (Fsp3) is 0.353. The predicted molar refractivity (Wildman–Crippen MR) is 95.7 cm³/mol. The number of amides is 1. The highest BCUT2D eigenvalue weighted by Gasteiger charge is 2.26. The van der Waals surface area contributed by atoms with E-state index in [9.17, 15) is 13.2 Å². The molecule has 1 aromatic heterocycles. The van der Waals surface area contributed by atoms with Gasteiger partial charge in [0.25, 0.3) is 0 Å². The van der Waals surface area contributed by atoms with Gasteiger partial charge in [0, 0.05) is 11.1 Å². The van der Waals surface area contributed by atoms with Gasteiger partial charge in [0.15, 0.2) is 0 Å². The lowest BCUT2D eigenvalue weighted by Gasteiger charge is -2.18. The summed E-state index contributed by atoms with van der Waals surface area (Å²) in [6.07, 6.45) is 2.16. The van der Waals surface area contributed by atoms with E-state index in [1.165, 1.54) is 30.5 Å². The zero-order valence-electron chi connectivity index (χ0n) is 14.0. The molecule has 0 radical (unpaired) electrons. The lowest BCUT2D eigenvalue weighted by atomic mass is 10.1. The quantitative estimate of drug-likeness (QED) is 0.731. The van der Waals surface area contributed by atoms with E-state index in [-0.39, 0.29) is 23.3 Å². The largest absolute Gasteiger partial charge is 0.468 e. The Bertz CT molecular complexity index is 789. The average molecular weight is 385 g/mol. The second-order valence-corrected chi connectivity index (χ2v) is 7.87. The van der Waals surface area contributed by atoms with Gasteiger partial charge in [-0.1, -0.05) is 18.5 Å². The van der Waals surface area contributed by atoms with Crippen molar-refractivity contribution in [3.63, 3.8) is 0 Å². The minimum absolute atomic E-state index is 0.0117. The van der Waals surface area contributed by atoms with E-state index < -0.39 is 16.1 Å². The summed E-state index contributed by atoms with van der Waals surface area (Å²) >= 11 is 5.80. The average Bonchev–Trinajstić information content (AvgIpc) is 3.08. The Balaban J connectivity index is 2.19. The first-order valence-electron chi connectivity index (χ1n) is 7.92. The predicted octanol–water partition coefficient (Wildman–Crippen LogP) is 3.26. The number of sulfonamides is 1. The highest BCUT2D eigenvalue weighted by Crippen LogP contribution is 2.22. The minimum Gasteiger partial charge on any atom is -0.468 e. The Morgan fingerprint density at radius 1 is 1.24 bits per heavy atom. The summed E-state index contributed by atoms with van der Waals surface area (Å²) in [6.45, 7) is 3.84. The van der Waals surface area contributed by atoms with Crippen LogP contribution >= 0.6 is 11.6 Å². The number of carbonyl (C=O) groups excluding carboxylic acids is 1. The van der Waals surface area contributed by atoms with E-state index in [0.717, 1.165) is 6.42 Å². The molecular weight excluding hydrogens is 364 g/mol. The van der Waals surface area contributed by atoms with Crippen molar-refractivity contribution in [1.82, 2.24) is 10.0 Å². The van der Waals surface area contributed by atoms with Crippen molar-refractivity contribution in [2.24, 2.45) is 0 Å². The first-order chi connectivity index (χ1) is 11.8. The summed E-state index contributed by atoms with van der Waals surface area (Å²) in [5.74, 6) is 0.117. The molecule has 2 N–H and O–H groups in total. The smallest absolute Gasteiger partial charge is 0.241 e. The molecule has 0 saturated heterocycles. The molecule has 0 aliphatic carbocycles. The van der Waals surface area contributed by atoms with E-state index in [1.54, 1.807) is 12.1 Å².